The molecule has 0 bridgehead atoms. The van der Waals surface area contributed by atoms with Gasteiger partial charge in [0.2, 0.25) is 5.89 Å². The fraction of sp³-hybridized carbons (Fsp3) is 0.474. The number of hydrogen-bond acceptors (Lipinski definition) is 3. The van der Waals surface area contributed by atoms with Crippen LogP contribution in [0.3, 0.4) is 0 Å². The van der Waals surface area contributed by atoms with Crippen molar-refractivity contribution in [3.63, 3.8) is 0 Å². The Balaban J connectivity index is 1.57. The van der Waals surface area contributed by atoms with Crippen LogP contribution in [0.4, 0.5) is 0 Å². The monoisotopic (exact) mass is 326 g/mol. The molecule has 5 nitrogen and oxygen atoms in total. The van der Waals surface area contributed by atoms with Gasteiger partial charge in [-0.25, -0.2) is 4.98 Å². The van der Waals surface area contributed by atoms with Gasteiger partial charge >= 0.3 is 0 Å². The number of nitrogens with zero attached hydrogens (tertiary/aromatic N) is 2. The Hall–Kier alpha value is -2.30. The zero-order valence-electron chi connectivity index (χ0n) is 14.9. The SMILES string of the molecule is CN=C(NCc1nc(C)c(C)o1)NCC1(c2ccccc2C)CC1. The Morgan fingerprint density at radius 1 is 1.21 bits per heavy atom. The molecule has 0 spiro atoms. The van der Waals surface area contributed by atoms with Gasteiger partial charge in [-0.2, -0.15) is 0 Å². The maximum atomic E-state index is 5.60. The Morgan fingerprint density at radius 3 is 2.54 bits per heavy atom. The lowest BCUT2D eigenvalue weighted by Crippen LogP contribution is -2.41. The van der Waals surface area contributed by atoms with Crippen LogP contribution in [0.1, 0.15) is 41.3 Å². The highest BCUT2D eigenvalue weighted by Crippen LogP contribution is 2.48. The molecule has 0 unspecified atom stereocenters. The van der Waals surface area contributed by atoms with Gasteiger partial charge in [-0.3, -0.25) is 4.99 Å². The minimum absolute atomic E-state index is 0.249. The minimum Gasteiger partial charge on any atom is -0.444 e. The molecule has 1 saturated carbocycles. The molecular formula is C19H26N4O. The van der Waals surface area contributed by atoms with Crippen LogP contribution >= 0.6 is 0 Å². The van der Waals surface area contributed by atoms with Crippen molar-refractivity contribution in [1.82, 2.24) is 15.6 Å². The van der Waals surface area contributed by atoms with Crippen molar-refractivity contribution in [2.45, 2.75) is 45.6 Å². The standard InChI is InChI=1S/C19H26N4O/c1-13-7-5-6-8-16(13)19(9-10-19)12-22-18(20-4)21-11-17-23-14(2)15(3)24-17/h5-8H,9-12H2,1-4H3,(H2,20,21,22). The van der Waals surface area contributed by atoms with Crippen LogP contribution in [-0.2, 0) is 12.0 Å². The topological polar surface area (TPSA) is 62.5 Å². The second-order valence-corrected chi connectivity index (χ2v) is 6.62. The first-order chi connectivity index (χ1) is 11.5. The van der Waals surface area contributed by atoms with Crippen LogP contribution in [-0.4, -0.2) is 24.5 Å². The normalized spacial score (nSPS) is 16.1. The van der Waals surface area contributed by atoms with Gasteiger partial charge in [0.1, 0.15) is 5.76 Å². The highest BCUT2D eigenvalue weighted by atomic mass is 16.4. The molecule has 0 atom stereocenters. The third-order valence-electron chi connectivity index (χ3n) is 4.87. The predicted octanol–water partition coefficient (Wildman–Crippen LogP) is 3.00. The minimum atomic E-state index is 0.249. The predicted molar refractivity (Wildman–Crippen MR) is 96.3 cm³/mol. The molecule has 1 aromatic heterocycles. The van der Waals surface area contributed by atoms with Gasteiger partial charge in [-0.15, -0.1) is 0 Å². The van der Waals surface area contributed by atoms with E-state index in [0.717, 1.165) is 24.0 Å². The van der Waals surface area contributed by atoms with Crippen LogP contribution in [0.5, 0.6) is 0 Å². The Labute approximate surface area is 143 Å². The van der Waals surface area contributed by atoms with Gasteiger partial charge in [0.05, 0.1) is 12.2 Å². The van der Waals surface area contributed by atoms with Crippen LogP contribution in [0.25, 0.3) is 0 Å². The van der Waals surface area contributed by atoms with Crippen molar-refractivity contribution < 1.29 is 4.42 Å². The number of benzene rings is 1. The van der Waals surface area contributed by atoms with E-state index in [4.69, 9.17) is 4.42 Å². The van der Waals surface area contributed by atoms with E-state index < -0.39 is 0 Å². The van der Waals surface area contributed by atoms with E-state index in [2.05, 4.69) is 51.8 Å². The number of aryl methyl sites for hydroxylation is 3. The lowest BCUT2D eigenvalue weighted by molar-refractivity contribution is 0.463. The molecule has 24 heavy (non-hydrogen) atoms. The summed E-state index contributed by atoms with van der Waals surface area (Å²) in [5.74, 6) is 2.34. The number of oxazole rings is 1. The lowest BCUT2D eigenvalue weighted by Gasteiger charge is -2.20. The Morgan fingerprint density at radius 2 is 1.96 bits per heavy atom. The molecule has 5 heteroatoms. The van der Waals surface area contributed by atoms with E-state index >= 15 is 0 Å². The van der Waals surface area contributed by atoms with Crippen molar-refractivity contribution in [2.24, 2.45) is 4.99 Å². The second-order valence-electron chi connectivity index (χ2n) is 6.62. The van der Waals surface area contributed by atoms with Crippen molar-refractivity contribution in [3.8, 4) is 0 Å². The maximum absolute atomic E-state index is 5.60. The molecule has 0 aliphatic heterocycles. The average Bonchev–Trinajstić information content (AvgIpc) is 3.28. The molecule has 0 amide bonds. The zero-order chi connectivity index (χ0) is 17.2. The number of nitrogens with one attached hydrogen (secondary N) is 2. The van der Waals surface area contributed by atoms with E-state index in [1.807, 2.05) is 13.8 Å². The molecule has 2 aromatic rings. The summed E-state index contributed by atoms with van der Waals surface area (Å²) >= 11 is 0. The molecule has 1 fully saturated rings. The number of hydrogen-bond donors (Lipinski definition) is 2. The molecule has 1 heterocycles. The zero-order valence-corrected chi connectivity index (χ0v) is 14.9. The van der Waals surface area contributed by atoms with E-state index in [1.54, 1.807) is 7.05 Å². The van der Waals surface area contributed by atoms with Crippen molar-refractivity contribution in [3.05, 3.63) is 52.7 Å². The van der Waals surface area contributed by atoms with Crippen molar-refractivity contribution >= 4 is 5.96 Å². The summed E-state index contributed by atoms with van der Waals surface area (Å²) in [4.78, 5) is 8.69. The highest BCUT2D eigenvalue weighted by Gasteiger charge is 2.44. The molecular weight excluding hydrogens is 300 g/mol. The number of aliphatic imine (C=N–C) groups is 1. The van der Waals surface area contributed by atoms with Gasteiger partial charge in [0.15, 0.2) is 5.96 Å². The van der Waals surface area contributed by atoms with Crippen LogP contribution in [0.2, 0.25) is 0 Å². The van der Waals surface area contributed by atoms with Gasteiger partial charge in [-0.05, 0) is 44.7 Å². The molecule has 3 rings (SSSR count). The summed E-state index contributed by atoms with van der Waals surface area (Å²) < 4.78 is 5.60. The lowest BCUT2D eigenvalue weighted by atomic mass is 9.92. The molecule has 1 aliphatic rings. The van der Waals surface area contributed by atoms with Gasteiger partial charge in [0.25, 0.3) is 0 Å². The smallest absolute Gasteiger partial charge is 0.214 e. The third kappa shape index (κ3) is 3.45. The molecule has 2 N–H and O–H groups in total. The first-order valence-corrected chi connectivity index (χ1v) is 8.47. The van der Waals surface area contributed by atoms with Gasteiger partial charge in [-0.1, -0.05) is 24.3 Å². The Bertz CT molecular complexity index is 724. The Kier molecular flexibility index (Phi) is 4.60. The summed E-state index contributed by atoms with van der Waals surface area (Å²) in [6.07, 6.45) is 2.44. The fourth-order valence-corrected chi connectivity index (χ4v) is 3.11. The number of rotatable bonds is 5. The third-order valence-corrected chi connectivity index (χ3v) is 4.87. The van der Waals surface area contributed by atoms with Crippen LogP contribution in [0.15, 0.2) is 33.7 Å². The summed E-state index contributed by atoms with van der Waals surface area (Å²) in [6.45, 7) is 7.50. The molecule has 1 aliphatic carbocycles. The van der Waals surface area contributed by atoms with E-state index in [0.29, 0.717) is 12.4 Å². The van der Waals surface area contributed by atoms with Gasteiger partial charge in [0, 0.05) is 19.0 Å². The van der Waals surface area contributed by atoms with Gasteiger partial charge < -0.3 is 15.1 Å². The number of aromatic nitrogens is 1. The summed E-state index contributed by atoms with van der Waals surface area (Å²) in [5.41, 5.74) is 4.00. The molecule has 1 aromatic carbocycles. The van der Waals surface area contributed by atoms with Crippen molar-refractivity contribution in [1.29, 1.82) is 0 Å². The van der Waals surface area contributed by atoms with Crippen molar-refractivity contribution in [2.75, 3.05) is 13.6 Å². The van der Waals surface area contributed by atoms with E-state index in [1.165, 1.54) is 24.0 Å². The largest absolute Gasteiger partial charge is 0.444 e. The van der Waals surface area contributed by atoms with E-state index in [-0.39, 0.29) is 5.41 Å². The molecule has 0 radical (unpaired) electrons. The summed E-state index contributed by atoms with van der Waals surface area (Å²) in [7, 11) is 1.79. The average molecular weight is 326 g/mol. The fourth-order valence-electron chi connectivity index (χ4n) is 3.11. The first-order valence-electron chi connectivity index (χ1n) is 8.47. The van der Waals surface area contributed by atoms with Crippen LogP contribution in [0, 0.1) is 20.8 Å². The molecule has 0 saturated heterocycles. The highest BCUT2D eigenvalue weighted by molar-refractivity contribution is 5.79. The number of guanidine groups is 1. The molecule has 128 valence electrons. The van der Waals surface area contributed by atoms with Crippen LogP contribution < -0.4 is 10.6 Å². The van der Waals surface area contributed by atoms with E-state index in [9.17, 15) is 0 Å². The second kappa shape index (κ2) is 6.67. The maximum Gasteiger partial charge on any atom is 0.214 e. The summed E-state index contributed by atoms with van der Waals surface area (Å²) in [6, 6.07) is 8.67. The quantitative estimate of drug-likeness (QED) is 0.655. The summed E-state index contributed by atoms with van der Waals surface area (Å²) in [5, 5.41) is 6.73. The first kappa shape index (κ1) is 16.6.